The summed E-state index contributed by atoms with van der Waals surface area (Å²) in [5.74, 6) is 1.31. The van der Waals surface area contributed by atoms with Crippen LogP contribution in [0.1, 0.15) is 38.6 Å². The fourth-order valence-electron chi connectivity index (χ4n) is 2.47. The van der Waals surface area contributed by atoms with Gasteiger partial charge in [0.1, 0.15) is 0 Å². The molecule has 2 unspecified atom stereocenters. The maximum Gasteiger partial charge on any atom is 0.414 e. The van der Waals surface area contributed by atoms with Crippen LogP contribution in [0.5, 0.6) is 11.5 Å². The average molecular weight is 636 g/mol. The Hall–Kier alpha value is -1.74. The Morgan fingerprint density at radius 3 is 2.03 bits per heavy atom. The molecule has 0 bridgehead atoms. The number of aliphatic hydroxyl groups excluding tert-OH is 2. The second-order valence-corrected chi connectivity index (χ2v) is 8.10. The van der Waals surface area contributed by atoms with E-state index >= 15 is 0 Å². The van der Waals surface area contributed by atoms with Crippen molar-refractivity contribution in [1.82, 2.24) is 9.97 Å². The first-order valence-corrected chi connectivity index (χ1v) is 9.57. The second kappa shape index (κ2) is 12.5. The van der Waals surface area contributed by atoms with E-state index in [9.17, 15) is 18.3 Å². The zero-order valence-corrected chi connectivity index (χ0v) is 21.6. The Bertz CT molecular complexity index is 840. The van der Waals surface area contributed by atoms with E-state index in [1.165, 1.54) is 0 Å². The molecule has 32 heavy (non-hydrogen) atoms. The molecule has 0 spiro atoms. The van der Waals surface area contributed by atoms with Gasteiger partial charge in [-0.3, -0.25) is 4.98 Å². The summed E-state index contributed by atoms with van der Waals surface area (Å²) in [7, 11) is 3.21. The summed E-state index contributed by atoms with van der Waals surface area (Å²) in [4.78, 5) is 8.78. The van der Waals surface area contributed by atoms with Crippen molar-refractivity contribution in [3.63, 3.8) is 0 Å². The zero-order valence-electron chi connectivity index (χ0n) is 19.2. The van der Waals surface area contributed by atoms with E-state index in [2.05, 4.69) is 16.0 Å². The van der Waals surface area contributed by atoms with Crippen LogP contribution in [0.25, 0.3) is 11.3 Å². The third-order valence-electron chi connectivity index (χ3n) is 4.46. The number of hydrogen-bond acceptors (Lipinski definition) is 6. The van der Waals surface area contributed by atoms with Crippen LogP contribution in [0.4, 0.5) is 13.2 Å². The number of ether oxygens (including phenoxy) is 2. The zero-order chi connectivity index (χ0) is 24.0. The van der Waals surface area contributed by atoms with E-state index in [1.54, 1.807) is 47.3 Å². The largest absolute Gasteiger partial charge is 0.536 e. The van der Waals surface area contributed by atoms with Gasteiger partial charge in [-0.05, 0) is 19.3 Å². The molecular formula is C22H30F3IrN2O4-. The molecule has 1 heterocycles. The van der Waals surface area contributed by atoms with Crippen molar-refractivity contribution in [3.05, 3.63) is 35.8 Å². The Morgan fingerprint density at radius 1 is 1.03 bits per heavy atom. The summed E-state index contributed by atoms with van der Waals surface area (Å²) >= 11 is 0. The molecule has 0 saturated carbocycles. The molecule has 0 fully saturated rings. The van der Waals surface area contributed by atoms with Crippen molar-refractivity contribution in [3.8, 4) is 22.8 Å². The van der Waals surface area contributed by atoms with Crippen molar-refractivity contribution < 1.29 is 53.0 Å². The van der Waals surface area contributed by atoms with Crippen LogP contribution in [-0.2, 0) is 20.1 Å². The van der Waals surface area contributed by atoms with Crippen LogP contribution in [0.3, 0.4) is 0 Å². The van der Waals surface area contributed by atoms with E-state index in [-0.39, 0.29) is 20.1 Å². The van der Waals surface area contributed by atoms with E-state index in [0.717, 1.165) is 22.6 Å². The molecule has 10 heteroatoms. The van der Waals surface area contributed by atoms with E-state index in [0.29, 0.717) is 11.5 Å². The van der Waals surface area contributed by atoms with Gasteiger partial charge in [-0.1, -0.05) is 26.8 Å². The smallest absolute Gasteiger partial charge is 0.414 e. The maximum absolute atomic E-state index is 11.8. The standard InChI is InChI=1S/C14H15N2O2.C8H15F3O2.Ir/c1-9-8-15-14(10(2)16-9)11-5-6-12(17-3)13(7-11)18-4;1-7(2,3)5(12)4-6(13)8(9,10)11;/h6-8H,1-4H3;5-6,12-13H,4H2,1-3H3;/q-1;;. The number of aryl methyl sites for hydroxylation is 2. The summed E-state index contributed by atoms with van der Waals surface area (Å²) in [5.41, 5.74) is 2.78. The predicted octanol–water partition coefficient (Wildman–Crippen LogP) is 4.28. The first kappa shape index (κ1) is 30.3. The normalized spacial score (nSPS) is 13.2. The maximum atomic E-state index is 11.8. The fourth-order valence-corrected chi connectivity index (χ4v) is 2.47. The number of halogens is 3. The van der Waals surface area contributed by atoms with Gasteiger partial charge in [0.2, 0.25) is 0 Å². The minimum Gasteiger partial charge on any atom is -0.536 e. The first-order valence-electron chi connectivity index (χ1n) is 9.57. The van der Waals surface area contributed by atoms with Crippen LogP contribution in [0, 0.1) is 25.3 Å². The molecule has 2 atom stereocenters. The minimum atomic E-state index is -4.65. The van der Waals surface area contributed by atoms with Gasteiger partial charge in [0.15, 0.2) is 6.10 Å². The molecule has 0 aliphatic rings. The monoisotopic (exact) mass is 636 g/mol. The van der Waals surface area contributed by atoms with E-state index in [4.69, 9.17) is 14.6 Å². The number of aromatic nitrogens is 2. The number of hydrogen-bond donors (Lipinski definition) is 2. The summed E-state index contributed by atoms with van der Waals surface area (Å²) in [6.07, 6.45) is -7.18. The molecule has 183 valence electrons. The van der Waals surface area contributed by atoms with Gasteiger partial charge in [-0.25, -0.2) is 0 Å². The molecule has 0 saturated heterocycles. The molecule has 0 aliphatic heterocycles. The van der Waals surface area contributed by atoms with Crippen molar-refractivity contribution in [2.45, 2.75) is 59.4 Å². The molecule has 1 aromatic heterocycles. The van der Waals surface area contributed by atoms with Gasteiger partial charge in [0.05, 0.1) is 37.5 Å². The van der Waals surface area contributed by atoms with Crippen molar-refractivity contribution >= 4 is 0 Å². The molecule has 6 nitrogen and oxygen atoms in total. The summed E-state index contributed by atoms with van der Waals surface area (Å²) in [6.45, 7) is 8.68. The van der Waals surface area contributed by atoms with E-state index in [1.807, 2.05) is 19.9 Å². The van der Waals surface area contributed by atoms with Gasteiger partial charge in [-0.15, -0.1) is 17.7 Å². The summed E-state index contributed by atoms with van der Waals surface area (Å²) < 4.78 is 46.0. The average Bonchev–Trinajstić information content (AvgIpc) is 2.66. The number of methoxy groups -OCH3 is 2. The number of benzene rings is 1. The third kappa shape index (κ3) is 9.02. The van der Waals surface area contributed by atoms with Crippen molar-refractivity contribution in [2.24, 2.45) is 5.41 Å². The molecule has 0 amide bonds. The Labute approximate surface area is 200 Å². The molecule has 1 radical (unpaired) electrons. The van der Waals surface area contributed by atoms with Gasteiger partial charge in [0.25, 0.3) is 0 Å². The summed E-state index contributed by atoms with van der Waals surface area (Å²) in [6, 6.07) is 6.73. The van der Waals surface area contributed by atoms with Crippen LogP contribution in [-0.4, -0.2) is 52.8 Å². The van der Waals surface area contributed by atoms with Crippen molar-refractivity contribution in [1.29, 1.82) is 0 Å². The Kier molecular flexibility index (Phi) is 11.8. The SMILES string of the molecule is CC(C)(C)C(O)CC(O)C(F)(F)F.COc1c[c-]c(-c2ncc(C)nc2C)cc1OC.[Ir]. The first-order chi connectivity index (χ1) is 14.2. The van der Waals surface area contributed by atoms with Crippen molar-refractivity contribution in [2.75, 3.05) is 14.2 Å². The van der Waals surface area contributed by atoms with Gasteiger partial charge >= 0.3 is 6.18 Å². The van der Waals surface area contributed by atoms with Gasteiger partial charge < -0.3 is 24.7 Å². The number of alkyl halides is 3. The van der Waals surface area contributed by atoms with E-state index < -0.39 is 30.2 Å². The number of nitrogens with zero attached hydrogens (tertiary/aromatic N) is 2. The summed E-state index contributed by atoms with van der Waals surface area (Å²) in [5, 5.41) is 17.9. The van der Waals surface area contributed by atoms with Crippen LogP contribution in [0.15, 0.2) is 18.3 Å². The van der Waals surface area contributed by atoms with Gasteiger partial charge in [0, 0.05) is 44.1 Å². The minimum absolute atomic E-state index is 0. The Morgan fingerprint density at radius 2 is 1.59 bits per heavy atom. The second-order valence-electron chi connectivity index (χ2n) is 8.10. The Balaban J connectivity index is 0.000000617. The quantitative estimate of drug-likeness (QED) is 0.478. The third-order valence-corrected chi connectivity index (χ3v) is 4.46. The topological polar surface area (TPSA) is 84.7 Å². The molecule has 2 rings (SSSR count). The molecule has 2 aromatic rings. The number of rotatable bonds is 5. The predicted molar refractivity (Wildman–Crippen MR) is 111 cm³/mol. The molecule has 2 N–H and O–H groups in total. The van der Waals surface area contributed by atoms with Gasteiger partial charge in [-0.2, -0.15) is 13.2 Å². The fraction of sp³-hybridized carbons (Fsp3) is 0.545. The van der Waals surface area contributed by atoms with Crippen LogP contribution in [0.2, 0.25) is 0 Å². The molecule has 0 aliphatic carbocycles. The van der Waals surface area contributed by atoms with Crippen LogP contribution >= 0.6 is 0 Å². The number of aliphatic hydroxyl groups is 2. The van der Waals surface area contributed by atoms with Crippen LogP contribution < -0.4 is 9.47 Å². The molecule has 1 aromatic carbocycles. The molecular weight excluding hydrogens is 605 g/mol.